The zero-order chi connectivity index (χ0) is 15.2. The number of ether oxygens (including phenoxy) is 1. The number of carbonyl (C=O) groups excluding carboxylic acids is 1. The van der Waals surface area contributed by atoms with Gasteiger partial charge in [-0.05, 0) is 30.7 Å². The van der Waals surface area contributed by atoms with Gasteiger partial charge in [-0.25, -0.2) is 0 Å². The van der Waals surface area contributed by atoms with Crippen LogP contribution >= 0.6 is 0 Å². The third-order valence-electron chi connectivity index (χ3n) is 3.12. The summed E-state index contributed by atoms with van der Waals surface area (Å²) in [5.74, 6) is 0.654. The van der Waals surface area contributed by atoms with E-state index in [2.05, 4.69) is 41.8 Å². The molecule has 4 nitrogen and oxygen atoms in total. The van der Waals surface area contributed by atoms with Crippen molar-refractivity contribution < 1.29 is 9.53 Å². The van der Waals surface area contributed by atoms with E-state index >= 15 is 0 Å². The maximum absolute atomic E-state index is 11.1. The molecule has 0 aliphatic heterocycles. The number of carbonyl (C=O) groups is 1. The second-order valence-corrected chi connectivity index (χ2v) is 4.94. The van der Waals surface area contributed by atoms with E-state index in [1.165, 1.54) is 18.1 Å². The van der Waals surface area contributed by atoms with Crippen molar-refractivity contribution in [3.8, 4) is 5.75 Å². The van der Waals surface area contributed by atoms with Crippen molar-refractivity contribution in [3.63, 3.8) is 0 Å². The number of benzene rings is 2. The predicted molar refractivity (Wildman–Crippen MR) is 85.8 cm³/mol. The summed E-state index contributed by atoms with van der Waals surface area (Å²) >= 11 is 0. The molecule has 0 aliphatic carbocycles. The normalized spacial score (nSPS) is 10.0. The van der Waals surface area contributed by atoms with E-state index in [1.54, 1.807) is 7.11 Å². The lowest BCUT2D eigenvalue weighted by Gasteiger charge is -2.13. The summed E-state index contributed by atoms with van der Waals surface area (Å²) in [4.78, 5) is 11.1. The zero-order valence-electron chi connectivity index (χ0n) is 12.6. The summed E-state index contributed by atoms with van der Waals surface area (Å²) in [7, 11) is 1.63. The van der Waals surface area contributed by atoms with E-state index in [-0.39, 0.29) is 5.91 Å². The highest BCUT2D eigenvalue weighted by Gasteiger charge is 2.05. The van der Waals surface area contributed by atoms with Gasteiger partial charge in [0.1, 0.15) is 5.75 Å². The van der Waals surface area contributed by atoms with Gasteiger partial charge in [0.2, 0.25) is 5.91 Å². The molecule has 0 saturated heterocycles. The number of aryl methyl sites for hydroxylation is 1. The Bertz CT molecular complexity index is 621. The van der Waals surface area contributed by atoms with Crippen LogP contribution in [0.4, 0.5) is 11.4 Å². The van der Waals surface area contributed by atoms with Crippen molar-refractivity contribution in [2.45, 2.75) is 20.4 Å². The van der Waals surface area contributed by atoms with Gasteiger partial charge in [0, 0.05) is 19.2 Å². The lowest BCUT2D eigenvalue weighted by Crippen LogP contribution is -2.07. The summed E-state index contributed by atoms with van der Waals surface area (Å²) in [6, 6.07) is 13.9. The molecule has 110 valence electrons. The Morgan fingerprint density at radius 2 is 1.86 bits per heavy atom. The van der Waals surface area contributed by atoms with Crippen LogP contribution < -0.4 is 15.4 Å². The number of hydrogen-bond donors (Lipinski definition) is 2. The van der Waals surface area contributed by atoms with Crippen LogP contribution in [-0.2, 0) is 11.3 Å². The van der Waals surface area contributed by atoms with Crippen LogP contribution in [0.2, 0.25) is 0 Å². The van der Waals surface area contributed by atoms with Gasteiger partial charge >= 0.3 is 0 Å². The molecule has 0 fully saturated rings. The van der Waals surface area contributed by atoms with E-state index < -0.39 is 0 Å². The molecule has 21 heavy (non-hydrogen) atoms. The molecule has 0 unspecified atom stereocenters. The predicted octanol–water partition coefficient (Wildman–Crippen LogP) is 3.57. The summed E-state index contributed by atoms with van der Waals surface area (Å²) < 4.78 is 5.34. The molecule has 0 heterocycles. The Morgan fingerprint density at radius 3 is 2.48 bits per heavy atom. The second-order valence-electron chi connectivity index (χ2n) is 4.94. The minimum absolute atomic E-state index is 0.0929. The molecule has 0 spiro atoms. The molecular weight excluding hydrogens is 264 g/mol. The highest BCUT2D eigenvalue weighted by molar-refractivity contribution is 5.89. The van der Waals surface area contributed by atoms with Gasteiger partial charge in [0.05, 0.1) is 12.8 Å². The summed E-state index contributed by atoms with van der Waals surface area (Å²) in [5.41, 5.74) is 4.02. The SMILES string of the molecule is COc1ccc(NC(C)=O)cc1NCc1ccc(C)cc1. The Balaban J connectivity index is 2.13. The number of methoxy groups -OCH3 is 1. The molecule has 2 aromatic carbocycles. The minimum Gasteiger partial charge on any atom is -0.495 e. The van der Waals surface area contributed by atoms with E-state index in [0.29, 0.717) is 6.54 Å². The quantitative estimate of drug-likeness (QED) is 0.882. The van der Waals surface area contributed by atoms with Crippen LogP contribution in [0.15, 0.2) is 42.5 Å². The molecule has 0 radical (unpaired) electrons. The number of rotatable bonds is 5. The van der Waals surface area contributed by atoms with Crippen LogP contribution in [0.25, 0.3) is 0 Å². The maximum atomic E-state index is 11.1. The smallest absolute Gasteiger partial charge is 0.221 e. The fourth-order valence-corrected chi connectivity index (χ4v) is 2.03. The van der Waals surface area contributed by atoms with E-state index in [1.807, 2.05) is 18.2 Å². The molecule has 2 rings (SSSR count). The number of amides is 1. The molecule has 0 saturated carbocycles. The van der Waals surface area contributed by atoms with Crippen molar-refractivity contribution in [3.05, 3.63) is 53.6 Å². The van der Waals surface area contributed by atoms with E-state index in [9.17, 15) is 4.79 Å². The molecule has 1 amide bonds. The largest absolute Gasteiger partial charge is 0.495 e. The van der Waals surface area contributed by atoms with Gasteiger partial charge in [-0.3, -0.25) is 4.79 Å². The average Bonchev–Trinajstić information content (AvgIpc) is 2.46. The Labute approximate surface area is 125 Å². The maximum Gasteiger partial charge on any atom is 0.221 e. The molecule has 0 bridgehead atoms. The van der Waals surface area contributed by atoms with Crippen molar-refractivity contribution in [2.24, 2.45) is 0 Å². The lowest BCUT2D eigenvalue weighted by atomic mass is 10.1. The standard InChI is InChI=1S/C17H20N2O2/c1-12-4-6-14(7-5-12)11-18-16-10-15(19-13(2)20)8-9-17(16)21-3/h4-10,18H,11H2,1-3H3,(H,19,20). The summed E-state index contributed by atoms with van der Waals surface area (Å²) in [6.45, 7) is 4.25. The molecule has 0 aliphatic rings. The highest BCUT2D eigenvalue weighted by Crippen LogP contribution is 2.28. The Hall–Kier alpha value is -2.49. The molecule has 2 N–H and O–H groups in total. The first-order valence-corrected chi connectivity index (χ1v) is 6.83. The zero-order valence-corrected chi connectivity index (χ0v) is 12.6. The monoisotopic (exact) mass is 284 g/mol. The van der Waals surface area contributed by atoms with Crippen molar-refractivity contribution in [1.82, 2.24) is 0 Å². The lowest BCUT2D eigenvalue weighted by molar-refractivity contribution is -0.114. The summed E-state index contributed by atoms with van der Waals surface area (Å²) in [6.07, 6.45) is 0. The first-order chi connectivity index (χ1) is 10.1. The van der Waals surface area contributed by atoms with Crippen LogP contribution in [-0.4, -0.2) is 13.0 Å². The first-order valence-electron chi connectivity index (χ1n) is 6.83. The van der Waals surface area contributed by atoms with Crippen molar-refractivity contribution in [1.29, 1.82) is 0 Å². The van der Waals surface area contributed by atoms with Crippen LogP contribution in [0.3, 0.4) is 0 Å². The highest BCUT2D eigenvalue weighted by atomic mass is 16.5. The van der Waals surface area contributed by atoms with Crippen molar-refractivity contribution >= 4 is 17.3 Å². The molecule has 0 atom stereocenters. The van der Waals surface area contributed by atoms with Crippen LogP contribution in [0.1, 0.15) is 18.1 Å². The Kier molecular flexibility index (Phi) is 4.82. The second kappa shape index (κ2) is 6.79. The molecule has 4 heteroatoms. The van der Waals surface area contributed by atoms with Crippen LogP contribution in [0, 0.1) is 6.92 Å². The number of hydrogen-bond acceptors (Lipinski definition) is 3. The Morgan fingerprint density at radius 1 is 1.14 bits per heavy atom. The third kappa shape index (κ3) is 4.24. The van der Waals surface area contributed by atoms with Gasteiger partial charge in [0.15, 0.2) is 0 Å². The average molecular weight is 284 g/mol. The van der Waals surface area contributed by atoms with Gasteiger partial charge in [-0.15, -0.1) is 0 Å². The molecule has 0 aromatic heterocycles. The van der Waals surface area contributed by atoms with Crippen molar-refractivity contribution in [2.75, 3.05) is 17.7 Å². The van der Waals surface area contributed by atoms with Crippen LogP contribution in [0.5, 0.6) is 5.75 Å². The third-order valence-corrected chi connectivity index (χ3v) is 3.12. The summed E-state index contributed by atoms with van der Waals surface area (Å²) in [5, 5.41) is 6.10. The number of nitrogens with one attached hydrogen (secondary N) is 2. The topological polar surface area (TPSA) is 50.4 Å². The van der Waals surface area contributed by atoms with E-state index in [4.69, 9.17) is 4.74 Å². The van der Waals surface area contributed by atoms with E-state index in [0.717, 1.165) is 17.1 Å². The fraction of sp³-hybridized carbons (Fsp3) is 0.235. The van der Waals surface area contributed by atoms with Gasteiger partial charge in [-0.1, -0.05) is 29.8 Å². The fourth-order valence-electron chi connectivity index (χ4n) is 2.03. The first kappa shape index (κ1) is 14.9. The minimum atomic E-state index is -0.0929. The van der Waals surface area contributed by atoms with Gasteiger partial charge in [0.25, 0.3) is 0 Å². The molecule has 2 aromatic rings. The van der Waals surface area contributed by atoms with Gasteiger partial charge < -0.3 is 15.4 Å². The van der Waals surface area contributed by atoms with Gasteiger partial charge in [-0.2, -0.15) is 0 Å². The molecular formula is C17H20N2O2. The number of anilines is 2.